The predicted molar refractivity (Wildman–Crippen MR) is 105 cm³/mol. The highest BCUT2D eigenvalue weighted by Gasteiger charge is 2.27. The highest BCUT2D eigenvalue weighted by atomic mass is 32.3. The Bertz CT molecular complexity index is 863. The topological polar surface area (TPSA) is 124 Å². The van der Waals surface area contributed by atoms with E-state index in [2.05, 4.69) is 15.5 Å². The van der Waals surface area contributed by atoms with Crippen LogP contribution in [0.5, 0.6) is 0 Å². The van der Waals surface area contributed by atoms with Gasteiger partial charge in [-0.05, 0) is 19.1 Å². The van der Waals surface area contributed by atoms with Crippen LogP contribution in [-0.2, 0) is 9.63 Å². The van der Waals surface area contributed by atoms with Crippen LogP contribution in [0.3, 0.4) is 0 Å². The van der Waals surface area contributed by atoms with Crippen molar-refractivity contribution in [3.8, 4) is 0 Å². The molecule has 0 fully saturated rings. The van der Waals surface area contributed by atoms with Crippen LogP contribution >= 0.6 is 21.9 Å². The third-order valence-corrected chi connectivity index (χ3v) is 6.32. The Labute approximate surface area is 161 Å². The van der Waals surface area contributed by atoms with Gasteiger partial charge >= 0.3 is 0 Å². The third kappa shape index (κ3) is 4.73. The van der Waals surface area contributed by atoms with E-state index in [0.717, 1.165) is 0 Å². The number of nitrogens with zero attached hydrogens (tertiary/aromatic N) is 2. The SMILES string of the molecule is C[C@@H](CO)ON=C(C(=O)Nc1nccs1)c1ccc(S(O)(O)C2=CC2)cc1. The maximum Gasteiger partial charge on any atom is 0.280 e. The van der Waals surface area contributed by atoms with Gasteiger partial charge in [0.25, 0.3) is 5.91 Å². The molecule has 8 nitrogen and oxygen atoms in total. The summed E-state index contributed by atoms with van der Waals surface area (Å²) in [5, 5.41) is 17.7. The fraction of sp³-hybridized carbons (Fsp3) is 0.235. The first-order valence-corrected chi connectivity index (χ1v) is 10.5. The second-order valence-electron chi connectivity index (χ2n) is 5.78. The van der Waals surface area contributed by atoms with E-state index in [1.165, 1.54) is 11.3 Å². The molecule has 0 spiro atoms. The molecule has 1 amide bonds. The number of aliphatic hydroxyl groups excluding tert-OH is 1. The molecule has 0 saturated carbocycles. The van der Waals surface area contributed by atoms with E-state index in [9.17, 15) is 13.9 Å². The Morgan fingerprint density at radius 1 is 1.41 bits per heavy atom. The molecule has 10 heteroatoms. The van der Waals surface area contributed by atoms with Crippen LogP contribution in [-0.4, -0.2) is 43.5 Å². The van der Waals surface area contributed by atoms with E-state index in [1.54, 1.807) is 48.8 Å². The lowest BCUT2D eigenvalue weighted by atomic mass is 10.1. The smallest absolute Gasteiger partial charge is 0.280 e. The van der Waals surface area contributed by atoms with Crippen molar-refractivity contribution in [2.45, 2.75) is 24.3 Å². The number of hydrogen-bond acceptors (Lipinski definition) is 8. The zero-order valence-corrected chi connectivity index (χ0v) is 16.0. The fourth-order valence-corrected chi connectivity index (χ4v) is 3.96. The van der Waals surface area contributed by atoms with Crippen LogP contribution in [0.2, 0.25) is 0 Å². The van der Waals surface area contributed by atoms with Gasteiger partial charge in [0, 0.05) is 28.5 Å². The highest BCUT2D eigenvalue weighted by Crippen LogP contribution is 2.61. The summed E-state index contributed by atoms with van der Waals surface area (Å²) in [5.41, 5.74) is 0.414. The zero-order valence-electron chi connectivity index (χ0n) is 14.4. The van der Waals surface area contributed by atoms with Gasteiger partial charge in [0.15, 0.2) is 10.8 Å². The summed E-state index contributed by atoms with van der Waals surface area (Å²) in [4.78, 5) is 22.7. The third-order valence-electron chi connectivity index (χ3n) is 3.64. The minimum absolute atomic E-state index is 0.0147. The molecule has 1 aromatic heterocycles. The van der Waals surface area contributed by atoms with Crippen LogP contribution in [0, 0.1) is 0 Å². The summed E-state index contributed by atoms with van der Waals surface area (Å²) in [7, 11) is -2.95. The van der Waals surface area contributed by atoms with Crippen LogP contribution in [0.15, 0.2) is 56.9 Å². The molecule has 0 saturated heterocycles. The van der Waals surface area contributed by atoms with Gasteiger partial charge in [-0.2, -0.15) is 0 Å². The predicted octanol–water partition coefficient (Wildman–Crippen LogP) is 3.28. The molecular formula is C17H19N3O5S2. The normalized spacial score (nSPS) is 15.7. The van der Waals surface area contributed by atoms with E-state index in [4.69, 9.17) is 9.94 Å². The molecule has 0 bridgehead atoms. The van der Waals surface area contributed by atoms with Gasteiger partial charge in [0.2, 0.25) is 0 Å². The largest absolute Gasteiger partial charge is 0.392 e. The number of amides is 1. The molecule has 0 unspecified atom stereocenters. The number of nitrogens with one attached hydrogen (secondary N) is 1. The second kappa shape index (κ2) is 8.19. The molecule has 1 aliphatic rings. The zero-order chi connectivity index (χ0) is 19.4. The van der Waals surface area contributed by atoms with Gasteiger partial charge < -0.3 is 9.94 Å². The molecule has 1 atom stereocenters. The van der Waals surface area contributed by atoms with Crippen LogP contribution < -0.4 is 5.32 Å². The van der Waals surface area contributed by atoms with Crippen molar-refractivity contribution in [3.05, 3.63) is 52.4 Å². The molecule has 1 aliphatic carbocycles. The Morgan fingerprint density at radius 2 is 2.11 bits per heavy atom. The summed E-state index contributed by atoms with van der Waals surface area (Å²) in [5.74, 6) is -0.528. The average Bonchev–Trinajstić information content (AvgIpc) is 3.41. The number of allylic oxidation sites excluding steroid dienone is 2. The van der Waals surface area contributed by atoms with E-state index < -0.39 is 22.6 Å². The van der Waals surface area contributed by atoms with Gasteiger partial charge in [-0.3, -0.25) is 19.2 Å². The standard InChI is InChI=1S/C17H19N3O5S2/c1-11(10-21)25-20-15(16(22)19-17-18-8-9-26-17)12-2-4-13(5-3-12)27(23,24)14-6-7-14/h2-6,8-9,11,21,23-24H,7,10H2,1H3,(H,18,19,22)/t11-/m0/s1. The molecule has 1 aromatic carbocycles. The molecule has 3 rings (SSSR count). The first kappa shape index (κ1) is 19.5. The van der Waals surface area contributed by atoms with E-state index in [1.807, 2.05) is 0 Å². The molecule has 0 radical (unpaired) electrons. The minimum Gasteiger partial charge on any atom is -0.392 e. The Hall–Kier alpha value is -2.24. The number of aromatic nitrogens is 1. The second-order valence-corrected chi connectivity index (χ2v) is 8.77. The number of carbonyl (C=O) groups excluding carboxylic acids is 1. The molecule has 2 aromatic rings. The monoisotopic (exact) mass is 409 g/mol. The first-order chi connectivity index (χ1) is 12.9. The van der Waals surface area contributed by atoms with Crippen LogP contribution in [0.4, 0.5) is 5.13 Å². The van der Waals surface area contributed by atoms with E-state index in [0.29, 0.717) is 26.9 Å². The summed E-state index contributed by atoms with van der Waals surface area (Å²) in [6.45, 7) is 1.36. The van der Waals surface area contributed by atoms with Crippen molar-refractivity contribution in [2.75, 3.05) is 11.9 Å². The van der Waals surface area contributed by atoms with Gasteiger partial charge in [-0.25, -0.2) is 4.98 Å². The summed E-state index contributed by atoms with van der Waals surface area (Å²) >= 11 is 1.26. The Morgan fingerprint density at radius 3 is 2.67 bits per heavy atom. The Balaban J connectivity index is 1.85. The number of anilines is 1. The number of rotatable bonds is 8. The summed E-state index contributed by atoms with van der Waals surface area (Å²) < 4.78 is 20.5. The number of carbonyl (C=O) groups is 1. The number of thiazole rings is 1. The Kier molecular flexibility index (Phi) is 5.92. The van der Waals surface area contributed by atoms with Gasteiger partial charge in [0.05, 0.1) is 11.5 Å². The van der Waals surface area contributed by atoms with Gasteiger partial charge in [-0.15, -0.1) is 21.9 Å². The molecule has 27 heavy (non-hydrogen) atoms. The van der Waals surface area contributed by atoms with Crippen molar-refractivity contribution in [3.63, 3.8) is 0 Å². The van der Waals surface area contributed by atoms with Crippen molar-refractivity contribution in [1.29, 1.82) is 0 Å². The van der Waals surface area contributed by atoms with E-state index >= 15 is 0 Å². The highest BCUT2D eigenvalue weighted by molar-refractivity contribution is 8.27. The van der Waals surface area contributed by atoms with Crippen molar-refractivity contribution in [2.24, 2.45) is 5.16 Å². The van der Waals surface area contributed by atoms with Crippen LogP contribution in [0.1, 0.15) is 18.9 Å². The van der Waals surface area contributed by atoms with Gasteiger partial charge in [-0.1, -0.05) is 23.4 Å². The molecule has 144 valence electrons. The lowest BCUT2D eigenvalue weighted by Crippen LogP contribution is -2.25. The number of oxime groups is 1. The summed E-state index contributed by atoms with van der Waals surface area (Å²) in [6, 6.07) is 6.23. The van der Waals surface area contributed by atoms with Gasteiger partial charge in [0.1, 0.15) is 6.10 Å². The van der Waals surface area contributed by atoms with Crippen LogP contribution in [0.25, 0.3) is 0 Å². The fourth-order valence-electron chi connectivity index (χ4n) is 2.07. The molecule has 0 aliphatic heterocycles. The summed E-state index contributed by atoms with van der Waals surface area (Å²) in [6.07, 6.45) is 3.34. The number of hydrogen-bond donors (Lipinski definition) is 4. The maximum atomic E-state index is 12.6. The number of benzene rings is 1. The maximum absolute atomic E-state index is 12.6. The van der Waals surface area contributed by atoms with Crippen molar-refractivity contribution in [1.82, 2.24) is 4.98 Å². The van der Waals surface area contributed by atoms with Crippen molar-refractivity contribution < 1.29 is 23.8 Å². The molecular weight excluding hydrogens is 390 g/mol. The molecule has 4 N–H and O–H groups in total. The van der Waals surface area contributed by atoms with Crippen molar-refractivity contribution >= 4 is 38.7 Å². The lowest BCUT2D eigenvalue weighted by molar-refractivity contribution is -0.110. The quantitative estimate of drug-likeness (QED) is 0.392. The molecule has 1 heterocycles. The lowest BCUT2D eigenvalue weighted by Gasteiger charge is -2.30. The van der Waals surface area contributed by atoms with E-state index in [-0.39, 0.29) is 12.3 Å². The first-order valence-electron chi connectivity index (χ1n) is 8.05. The minimum atomic E-state index is -2.95. The average molecular weight is 409 g/mol. The number of aliphatic hydroxyl groups is 1.